The van der Waals surface area contributed by atoms with Crippen molar-refractivity contribution in [1.82, 2.24) is 0 Å². The second-order valence-electron chi connectivity index (χ2n) is 2.40. The first-order valence-electron chi connectivity index (χ1n) is 3.60. The van der Waals surface area contributed by atoms with E-state index in [9.17, 15) is 17.6 Å². The molecule has 0 N–H and O–H groups in total. The van der Waals surface area contributed by atoms with Gasteiger partial charge < -0.3 is 0 Å². The minimum absolute atomic E-state index is 1.32. The second kappa shape index (κ2) is 5.56. The molecule has 0 heterocycles. The summed E-state index contributed by atoms with van der Waals surface area (Å²) in [6.45, 7) is -0.146. The number of rotatable bonds is 0. The van der Waals surface area contributed by atoms with Gasteiger partial charge in [0, 0.05) is 0 Å². The molecule has 0 saturated carbocycles. The van der Waals surface area contributed by atoms with Gasteiger partial charge >= 0.3 is 6.18 Å². The standard InChI is InChI=1S/C7H8.C2H2F4/c1-7-5-3-2-4-6-7;3-1-2(4,5)6/h2-6H,1H3;1H2. The van der Waals surface area contributed by atoms with Crippen LogP contribution in [0.1, 0.15) is 5.56 Å². The maximum atomic E-state index is 10.4. The van der Waals surface area contributed by atoms with Gasteiger partial charge in [-0.05, 0) is 6.92 Å². The summed E-state index contributed by atoms with van der Waals surface area (Å²) in [5.74, 6) is 0. The molecule has 0 amide bonds. The average Bonchev–Trinajstić information content (AvgIpc) is 2.06. The van der Waals surface area contributed by atoms with E-state index in [2.05, 4.69) is 19.1 Å². The number of halogens is 4. The monoisotopic (exact) mass is 194 g/mol. The fourth-order valence-electron chi connectivity index (χ4n) is 0.534. The summed E-state index contributed by atoms with van der Waals surface area (Å²) in [4.78, 5) is 0. The maximum Gasteiger partial charge on any atom is 0.416 e. The zero-order valence-electron chi connectivity index (χ0n) is 7.11. The summed E-state index contributed by atoms with van der Waals surface area (Å²) >= 11 is 0. The molecule has 74 valence electrons. The van der Waals surface area contributed by atoms with E-state index in [1.54, 1.807) is 0 Å². The molecule has 1 aromatic rings. The van der Waals surface area contributed by atoms with Gasteiger partial charge in [0.15, 0.2) is 6.67 Å². The van der Waals surface area contributed by atoms with Gasteiger partial charge in [0.1, 0.15) is 0 Å². The molecule has 0 spiro atoms. The predicted molar refractivity (Wildman–Crippen MR) is 43.2 cm³/mol. The van der Waals surface area contributed by atoms with Crippen LogP contribution in [-0.4, -0.2) is 12.9 Å². The van der Waals surface area contributed by atoms with E-state index in [0.717, 1.165) is 0 Å². The summed E-state index contributed by atoms with van der Waals surface area (Å²) in [5.41, 5.74) is 1.32. The molecule has 0 aliphatic rings. The molecule has 0 bridgehead atoms. The summed E-state index contributed by atoms with van der Waals surface area (Å²) < 4.78 is 41.6. The Bertz CT molecular complexity index is 215. The van der Waals surface area contributed by atoms with Crippen LogP contribution >= 0.6 is 0 Å². The van der Waals surface area contributed by atoms with E-state index >= 15 is 0 Å². The predicted octanol–water partition coefficient (Wildman–Crippen LogP) is 3.51. The fraction of sp³-hybridized carbons (Fsp3) is 0.333. The van der Waals surface area contributed by atoms with Crippen LogP contribution in [0.2, 0.25) is 0 Å². The molecule has 0 aliphatic carbocycles. The normalized spacial score (nSPS) is 10.2. The molecule has 0 nitrogen and oxygen atoms in total. The van der Waals surface area contributed by atoms with Crippen LogP contribution in [0.15, 0.2) is 30.3 Å². The lowest BCUT2D eigenvalue weighted by Crippen LogP contribution is -2.08. The molecule has 13 heavy (non-hydrogen) atoms. The quantitative estimate of drug-likeness (QED) is 0.554. The van der Waals surface area contributed by atoms with Crippen LogP contribution in [0.5, 0.6) is 0 Å². The van der Waals surface area contributed by atoms with Crippen LogP contribution < -0.4 is 0 Å². The summed E-state index contributed by atoms with van der Waals surface area (Å²) in [6.07, 6.45) is -4.62. The molecule has 0 unspecified atom stereocenters. The molecule has 1 rings (SSSR count). The molecule has 0 aromatic heterocycles. The van der Waals surface area contributed by atoms with E-state index in [4.69, 9.17) is 0 Å². The van der Waals surface area contributed by atoms with Gasteiger partial charge in [-0.2, -0.15) is 13.2 Å². The first kappa shape index (κ1) is 11.9. The zero-order chi connectivity index (χ0) is 10.3. The number of aryl methyl sites for hydroxylation is 1. The van der Waals surface area contributed by atoms with Crippen LogP contribution in [0.25, 0.3) is 0 Å². The van der Waals surface area contributed by atoms with Crippen molar-refractivity contribution in [2.45, 2.75) is 13.1 Å². The first-order valence-corrected chi connectivity index (χ1v) is 3.60. The summed E-state index contributed by atoms with van der Waals surface area (Å²) in [5, 5.41) is 0. The molecule has 0 radical (unpaired) electrons. The van der Waals surface area contributed by atoms with Crippen molar-refractivity contribution in [3.8, 4) is 0 Å². The zero-order valence-corrected chi connectivity index (χ0v) is 7.11. The lowest BCUT2D eigenvalue weighted by molar-refractivity contribution is -0.142. The van der Waals surface area contributed by atoms with Crippen molar-refractivity contribution in [2.75, 3.05) is 6.67 Å². The summed E-state index contributed by atoms with van der Waals surface area (Å²) in [7, 11) is 0. The number of hydrogen-bond acceptors (Lipinski definition) is 0. The van der Waals surface area contributed by atoms with Crippen molar-refractivity contribution >= 4 is 0 Å². The van der Waals surface area contributed by atoms with Crippen molar-refractivity contribution < 1.29 is 17.6 Å². The minimum Gasteiger partial charge on any atom is -0.241 e. The topological polar surface area (TPSA) is 0 Å². The summed E-state index contributed by atoms with van der Waals surface area (Å²) in [6, 6.07) is 10.3. The average molecular weight is 194 g/mol. The lowest BCUT2D eigenvalue weighted by atomic mass is 10.2. The third kappa shape index (κ3) is 8.85. The highest BCUT2D eigenvalue weighted by molar-refractivity contribution is 5.11. The van der Waals surface area contributed by atoms with E-state index in [1.165, 1.54) is 5.56 Å². The van der Waals surface area contributed by atoms with Gasteiger partial charge in [-0.1, -0.05) is 35.9 Å². The second-order valence-corrected chi connectivity index (χ2v) is 2.40. The molecule has 0 atom stereocenters. The Hall–Kier alpha value is -1.06. The van der Waals surface area contributed by atoms with Gasteiger partial charge in [-0.15, -0.1) is 0 Å². The molecule has 0 saturated heterocycles. The number of benzene rings is 1. The van der Waals surface area contributed by atoms with Crippen LogP contribution in [0, 0.1) is 6.92 Å². The highest BCUT2D eigenvalue weighted by atomic mass is 19.4. The highest BCUT2D eigenvalue weighted by Gasteiger charge is 2.26. The van der Waals surface area contributed by atoms with Gasteiger partial charge in [0.05, 0.1) is 0 Å². The van der Waals surface area contributed by atoms with Gasteiger partial charge in [0.25, 0.3) is 0 Å². The van der Waals surface area contributed by atoms with E-state index in [0.29, 0.717) is 0 Å². The third-order valence-electron chi connectivity index (χ3n) is 1.09. The van der Waals surface area contributed by atoms with Crippen molar-refractivity contribution in [1.29, 1.82) is 0 Å². The fourth-order valence-corrected chi connectivity index (χ4v) is 0.534. The van der Waals surface area contributed by atoms with Crippen molar-refractivity contribution in [3.63, 3.8) is 0 Å². The van der Waals surface area contributed by atoms with Gasteiger partial charge in [0.2, 0.25) is 0 Å². The van der Waals surface area contributed by atoms with E-state index in [-0.39, 0.29) is 0 Å². The Labute approximate surface area is 74.2 Å². The first-order chi connectivity index (χ1) is 5.95. The van der Waals surface area contributed by atoms with Crippen LogP contribution in [0.3, 0.4) is 0 Å². The Morgan fingerprint density at radius 3 is 1.62 bits per heavy atom. The Morgan fingerprint density at radius 2 is 1.46 bits per heavy atom. The molecular formula is C9H10F4. The minimum atomic E-state index is -4.62. The van der Waals surface area contributed by atoms with Gasteiger partial charge in [-0.25, -0.2) is 4.39 Å². The number of alkyl halides is 4. The molecular weight excluding hydrogens is 184 g/mol. The van der Waals surface area contributed by atoms with Crippen LogP contribution in [0.4, 0.5) is 17.6 Å². The molecule has 0 aliphatic heterocycles. The van der Waals surface area contributed by atoms with E-state index < -0.39 is 12.9 Å². The Morgan fingerprint density at radius 1 is 1.08 bits per heavy atom. The number of hydrogen-bond donors (Lipinski definition) is 0. The maximum absolute atomic E-state index is 10.4. The van der Waals surface area contributed by atoms with Crippen molar-refractivity contribution in [3.05, 3.63) is 35.9 Å². The SMILES string of the molecule is Cc1ccccc1.FCC(F)(F)F. The van der Waals surface area contributed by atoms with Crippen LogP contribution in [-0.2, 0) is 0 Å². The van der Waals surface area contributed by atoms with Crippen molar-refractivity contribution in [2.24, 2.45) is 0 Å². The lowest BCUT2D eigenvalue weighted by Gasteiger charge is -1.93. The van der Waals surface area contributed by atoms with Gasteiger partial charge in [-0.3, -0.25) is 0 Å². The third-order valence-corrected chi connectivity index (χ3v) is 1.09. The molecule has 4 heteroatoms. The largest absolute Gasteiger partial charge is 0.416 e. The van der Waals surface area contributed by atoms with E-state index in [1.807, 2.05) is 18.2 Å². The molecule has 0 fully saturated rings. The highest BCUT2D eigenvalue weighted by Crippen LogP contribution is 2.13. The molecule has 1 aromatic carbocycles. The Kier molecular flexibility index (Phi) is 5.11. The smallest absolute Gasteiger partial charge is 0.241 e. The Balaban J connectivity index is 0.000000226.